The number of alkyl halides is 3. The summed E-state index contributed by atoms with van der Waals surface area (Å²) in [6.07, 6.45) is -4.07. The van der Waals surface area contributed by atoms with Crippen LogP contribution in [0.15, 0.2) is 36.5 Å². The Morgan fingerprint density at radius 1 is 1.18 bits per heavy atom. The quantitative estimate of drug-likeness (QED) is 0.548. The van der Waals surface area contributed by atoms with Crippen LogP contribution >= 0.6 is 23.2 Å². The highest BCUT2D eigenvalue weighted by atomic mass is 35.5. The number of rotatable bonds is 5. The summed E-state index contributed by atoms with van der Waals surface area (Å²) >= 11 is 11.6. The van der Waals surface area contributed by atoms with Gasteiger partial charge in [0.05, 0.1) is 17.7 Å². The third-order valence-corrected chi connectivity index (χ3v) is 4.26. The fourth-order valence-electron chi connectivity index (χ4n) is 2.25. The van der Waals surface area contributed by atoms with Gasteiger partial charge in [0.15, 0.2) is 0 Å². The lowest BCUT2D eigenvalue weighted by Gasteiger charge is -2.35. The Balaban J connectivity index is 2.55. The number of aryl methyl sites for hydroxylation is 1. The molecule has 1 aromatic carbocycles. The minimum atomic E-state index is -5.29. The first kappa shape index (κ1) is 21.8. The molecule has 0 fully saturated rings. The summed E-state index contributed by atoms with van der Waals surface area (Å²) in [5, 5.41) is 3.61. The van der Waals surface area contributed by atoms with E-state index in [4.69, 9.17) is 23.2 Å². The Morgan fingerprint density at radius 3 is 2.39 bits per heavy atom. The zero-order valence-corrected chi connectivity index (χ0v) is 16.0. The Hall–Kier alpha value is -2.52. The summed E-state index contributed by atoms with van der Waals surface area (Å²) in [5.74, 6) is -3.33. The number of pyridine rings is 1. The minimum absolute atomic E-state index is 0.179. The van der Waals surface area contributed by atoms with Gasteiger partial charge in [-0.25, -0.2) is 9.78 Å². The van der Waals surface area contributed by atoms with Crippen molar-refractivity contribution in [3.05, 3.63) is 57.7 Å². The standard InChI is InChI=1S/C17H14Cl2F3N3O3/c1-9-4-3-7-23-13(9)24-16(15(27)28-2,17(20,21)22)25-14(26)11-6-5-10(18)8-12(11)19/h3-8H,1-2H3,(H,23,24)(H,25,26)/t16-/m0/s1. The van der Waals surface area contributed by atoms with E-state index in [1.54, 1.807) is 5.32 Å². The molecule has 2 rings (SSSR count). The Labute approximate surface area is 168 Å². The first-order valence-corrected chi connectivity index (χ1v) is 8.40. The molecule has 0 aliphatic heterocycles. The second kappa shape index (κ2) is 8.24. The number of nitrogens with zero attached hydrogens (tertiary/aromatic N) is 1. The molecule has 0 unspecified atom stereocenters. The van der Waals surface area contributed by atoms with Crippen LogP contribution in [0.2, 0.25) is 10.0 Å². The van der Waals surface area contributed by atoms with E-state index in [1.165, 1.54) is 37.4 Å². The summed E-state index contributed by atoms with van der Waals surface area (Å²) in [6, 6.07) is 6.56. The Morgan fingerprint density at radius 2 is 1.86 bits per heavy atom. The van der Waals surface area contributed by atoms with E-state index in [-0.39, 0.29) is 21.4 Å². The normalized spacial score (nSPS) is 13.4. The first-order chi connectivity index (χ1) is 13.0. The van der Waals surface area contributed by atoms with Gasteiger partial charge in [0, 0.05) is 11.2 Å². The van der Waals surface area contributed by atoms with Crippen LogP contribution in [0.1, 0.15) is 15.9 Å². The van der Waals surface area contributed by atoms with Gasteiger partial charge in [0.2, 0.25) is 0 Å². The number of esters is 1. The lowest BCUT2D eigenvalue weighted by Crippen LogP contribution is -2.69. The number of carbonyl (C=O) groups excluding carboxylic acids is 2. The van der Waals surface area contributed by atoms with Crippen LogP contribution in [0.5, 0.6) is 0 Å². The highest BCUT2D eigenvalue weighted by molar-refractivity contribution is 6.36. The van der Waals surface area contributed by atoms with Gasteiger partial charge >= 0.3 is 17.8 Å². The van der Waals surface area contributed by atoms with Crippen molar-refractivity contribution in [3.8, 4) is 0 Å². The van der Waals surface area contributed by atoms with E-state index >= 15 is 0 Å². The number of ether oxygens (including phenoxy) is 1. The maximum absolute atomic E-state index is 14.0. The van der Waals surface area contributed by atoms with Crippen molar-refractivity contribution in [3.63, 3.8) is 0 Å². The molecule has 6 nitrogen and oxygen atoms in total. The monoisotopic (exact) mass is 435 g/mol. The number of benzene rings is 1. The molecular weight excluding hydrogens is 422 g/mol. The zero-order chi connectivity index (χ0) is 21.1. The molecule has 0 spiro atoms. The van der Waals surface area contributed by atoms with Crippen LogP contribution < -0.4 is 10.6 Å². The first-order valence-electron chi connectivity index (χ1n) is 7.64. The van der Waals surface area contributed by atoms with Gasteiger partial charge in [-0.3, -0.25) is 4.79 Å². The summed E-state index contributed by atoms with van der Waals surface area (Å²) < 4.78 is 46.4. The molecular formula is C17H14Cl2F3N3O3. The van der Waals surface area contributed by atoms with E-state index in [9.17, 15) is 22.8 Å². The number of halogens is 5. The van der Waals surface area contributed by atoms with Crippen molar-refractivity contribution < 1.29 is 27.5 Å². The highest BCUT2D eigenvalue weighted by Crippen LogP contribution is 2.34. The number of hydrogen-bond donors (Lipinski definition) is 2. The molecule has 150 valence electrons. The fraction of sp³-hybridized carbons (Fsp3) is 0.235. The summed E-state index contributed by atoms with van der Waals surface area (Å²) in [4.78, 5) is 28.5. The maximum atomic E-state index is 14.0. The topological polar surface area (TPSA) is 80.3 Å². The molecule has 1 aromatic heterocycles. The molecule has 2 aromatic rings. The van der Waals surface area contributed by atoms with Crippen molar-refractivity contribution in [1.82, 2.24) is 10.3 Å². The molecule has 0 aliphatic carbocycles. The third kappa shape index (κ3) is 4.31. The van der Waals surface area contributed by atoms with Gasteiger partial charge in [-0.05, 0) is 36.8 Å². The predicted octanol–water partition coefficient (Wildman–Crippen LogP) is 3.97. The molecule has 1 heterocycles. The van der Waals surface area contributed by atoms with Crippen LogP contribution in [0, 0.1) is 6.92 Å². The molecule has 0 aliphatic rings. The number of carbonyl (C=O) groups is 2. The molecule has 0 saturated heterocycles. The predicted molar refractivity (Wildman–Crippen MR) is 97.3 cm³/mol. The van der Waals surface area contributed by atoms with Crippen LogP contribution in [-0.4, -0.2) is 35.8 Å². The number of nitrogens with one attached hydrogen (secondary N) is 2. The largest absolute Gasteiger partial charge is 0.466 e. The SMILES string of the molecule is COC(=O)[C@@](NC(=O)c1ccc(Cl)cc1Cl)(Nc1ncccc1C)C(F)(F)F. The molecule has 1 atom stereocenters. The molecule has 0 radical (unpaired) electrons. The highest BCUT2D eigenvalue weighted by Gasteiger charge is 2.64. The van der Waals surface area contributed by atoms with Crippen LogP contribution in [0.25, 0.3) is 0 Å². The molecule has 0 bridgehead atoms. The van der Waals surface area contributed by atoms with Gasteiger partial charge in [0.1, 0.15) is 5.82 Å². The summed E-state index contributed by atoms with van der Waals surface area (Å²) in [6.45, 7) is 1.48. The lowest BCUT2D eigenvalue weighted by atomic mass is 10.1. The second-order valence-electron chi connectivity index (χ2n) is 5.61. The number of methoxy groups -OCH3 is 1. The van der Waals surface area contributed by atoms with E-state index in [0.29, 0.717) is 5.56 Å². The van der Waals surface area contributed by atoms with Gasteiger partial charge in [0.25, 0.3) is 5.91 Å². The van der Waals surface area contributed by atoms with E-state index in [1.807, 2.05) is 5.32 Å². The number of aromatic nitrogens is 1. The van der Waals surface area contributed by atoms with E-state index < -0.39 is 23.7 Å². The van der Waals surface area contributed by atoms with Crippen molar-refractivity contribution in [2.45, 2.75) is 18.8 Å². The van der Waals surface area contributed by atoms with Crippen LogP contribution in [0.3, 0.4) is 0 Å². The number of amides is 1. The van der Waals surface area contributed by atoms with Gasteiger partial charge in [-0.2, -0.15) is 13.2 Å². The van der Waals surface area contributed by atoms with Crippen molar-refractivity contribution in [2.75, 3.05) is 12.4 Å². The van der Waals surface area contributed by atoms with Gasteiger partial charge < -0.3 is 15.4 Å². The average Bonchev–Trinajstić information content (AvgIpc) is 2.61. The lowest BCUT2D eigenvalue weighted by molar-refractivity contribution is -0.203. The third-order valence-electron chi connectivity index (χ3n) is 3.71. The summed E-state index contributed by atoms with van der Waals surface area (Å²) in [7, 11) is 0.761. The smallest absolute Gasteiger partial charge is 0.441 e. The van der Waals surface area contributed by atoms with Gasteiger partial charge in [-0.1, -0.05) is 29.3 Å². The Kier molecular flexibility index (Phi) is 6.41. The minimum Gasteiger partial charge on any atom is -0.466 e. The van der Waals surface area contributed by atoms with Crippen LogP contribution in [0.4, 0.5) is 19.0 Å². The second-order valence-corrected chi connectivity index (χ2v) is 6.46. The average molecular weight is 436 g/mol. The molecule has 28 heavy (non-hydrogen) atoms. The zero-order valence-electron chi connectivity index (χ0n) is 14.5. The fourth-order valence-corrected chi connectivity index (χ4v) is 2.74. The van der Waals surface area contributed by atoms with E-state index in [0.717, 1.165) is 13.2 Å². The molecule has 2 N–H and O–H groups in total. The maximum Gasteiger partial charge on any atom is 0.441 e. The Bertz CT molecular complexity index is 909. The number of hydrogen-bond acceptors (Lipinski definition) is 5. The van der Waals surface area contributed by atoms with Crippen molar-refractivity contribution in [1.29, 1.82) is 0 Å². The summed E-state index contributed by atoms with van der Waals surface area (Å²) in [5.41, 5.74) is -3.62. The van der Waals surface area contributed by atoms with Crippen molar-refractivity contribution in [2.24, 2.45) is 0 Å². The van der Waals surface area contributed by atoms with Crippen molar-refractivity contribution >= 4 is 40.9 Å². The van der Waals surface area contributed by atoms with Crippen LogP contribution in [-0.2, 0) is 9.53 Å². The van der Waals surface area contributed by atoms with E-state index in [2.05, 4.69) is 9.72 Å². The molecule has 0 saturated carbocycles. The molecule has 1 amide bonds. The molecule has 11 heteroatoms. The number of anilines is 1. The van der Waals surface area contributed by atoms with Gasteiger partial charge in [-0.15, -0.1) is 0 Å².